The van der Waals surface area contributed by atoms with E-state index in [2.05, 4.69) is 15.3 Å². The number of rotatable bonds is 11. The van der Waals surface area contributed by atoms with Crippen molar-refractivity contribution in [2.75, 3.05) is 19.6 Å². The van der Waals surface area contributed by atoms with Crippen molar-refractivity contribution < 1.29 is 24.3 Å². The van der Waals surface area contributed by atoms with Crippen molar-refractivity contribution >= 4 is 40.6 Å². The number of para-hydroxylation sites is 1. The van der Waals surface area contributed by atoms with Crippen LogP contribution in [-0.4, -0.2) is 93.3 Å². The second-order valence-corrected chi connectivity index (χ2v) is 10.4. The van der Waals surface area contributed by atoms with Crippen molar-refractivity contribution in [1.82, 2.24) is 20.1 Å². The van der Waals surface area contributed by atoms with Crippen molar-refractivity contribution in [3.8, 4) is 0 Å². The van der Waals surface area contributed by atoms with Gasteiger partial charge < -0.3 is 42.4 Å². The molecule has 9 N–H and O–H groups in total. The Hall–Kier alpha value is -4.13. The number of hydrogen-bond donors (Lipinski definition) is 6. The van der Waals surface area contributed by atoms with E-state index >= 15 is 0 Å². The Morgan fingerprint density at radius 1 is 1.07 bits per heavy atom. The summed E-state index contributed by atoms with van der Waals surface area (Å²) in [6.45, 7) is 1.01. The van der Waals surface area contributed by atoms with Gasteiger partial charge in [0.25, 0.3) is 0 Å². The van der Waals surface area contributed by atoms with Crippen LogP contribution in [0, 0.1) is 0 Å². The molecule has 2 fully saturated rings. The van der Waals surface area contributed by atoms with Gasteiger partial charge in [0.1, 0.15) is 18.1 Å². The fraction of sp³-hybridized carbons (Fsp3) is 0.519. The first-order valence-corrected chi connectivity index (χ1v) is 13.7. The van der Waals surface area contributed by atoms with Crippen molar-refractivity contribution in [3.63, 3.8) is 0 Å². The van der Waals surface area contributed by atoms with E-state index in [4.69, 9.17) is 17.2 Å². The molecule has 2 saturated heterocycles. The van der Waals surface area contributed by atoms with Gasteiger partial charge in [-0.1, -0.05) is 18.2 Å². The Bertz CT molecular complexity index is 1270. The highest BCUT2D eigenvalue weighted by atomic mass is 16.4. The molecule has 13 heteroatoms. The minimum atomic E-state index is -1.04. The van der Waals surface area contributed by atoms with Gasteiger partial charge in [0.05, 0.1) is 6.04 Å². The number of guanidine groups is 1. The SMILES string of the molecule is NC(N)=NCCCC(N)C(=O)NC(Cc1c[nH]c2ccccc12)C(=O)N1CCCC1C(=O)N1CCCC1C(=O)O. The van der Waals surface area contributed by atoms with Crippen LogP contribution in [0.25, 0.3) is 10.9 Å². The third kappa shape index (κ3) is 6.53. The van der Waals surface area contributed by atoms with E-state index in [1.165, 1.54) is 9.80 Å². The van der Waals surface area contributed by atoms with Crippen LogP contribution in [0.5, 0.6) is 0 Å². The molecular weight excluding hydrogens is 516 g/mol. The van der Waals surface area contributed by atoms with Crippen LogP contribution in [0.2, 0.25) is 0 Å². The Labute approximate surface area is 232 Å². The van der Waals surface area contributed by atoms with Gasteiger partial charge in [-0.05, 0) is 50.2 Å². The Kier molecular flexibility index (Phi) is 9.25. The maximum atomic E-state index is 14.0. The number of amides is 3. The maximum Gasteiger partial charge on any atom is 0.326 e. The average Bonchev–Trinajstić information content (AvgIpc) is 3.69. The predicted molar refractivity (Wildman–Crippen MR) is 149 cm³/mol. The number of aromatic nitrogens is 1. The maximum absolute atomic E-state index is 14.0. The third-order valence-electron chi connectivity index (χ3n) is 7.66. The summed E-state index contributed by atoms with van der Waals surface area (Å²) in [5, 5.41) is 13.3. The van der Waals surface area contributed by atoms with Gasteiger partial charge >= 0.3 is 5.97 Å². The smallest absolute Gasteiger partial charge is 0.326 e. The summed E-state index contributed by atoms with van der Waals surface area (Å²) < 4.78 is 0. The lowest BCUT2D eigenvalue weighted by Crippen LogP contribution is -2.57. The van der Waals surface area contributed by atoms with Crippen molar-refractivity contribution in [1.29, 1.82) is 0 Å². The molecule has 2 aliphatic heterocycles. The Morgan fingerprint density at radius 3 is 2.50 bits per heavy atom. The number of nitrogens with two attached hydrogens (primary N) is 3. The molecule has 4 unspecified atom stereocenters. The van der Waals surface area contributed by atoms with Crippen molar-refractivity contribution in [2.24, 2.45) is 22.2 Å². The largest absolute Gasteiger partial charge is 0.480 e. The molecular formula is C27H38N8O5. The molecule has 2 aromatic rings. The number of aliphatic carboxylic acids is 1. The predicted octanol–water partition coefficient (Wildman–Crippen LogP) is -0.357. The van der Waals surface area contributed by atoms with E-state index in [-0.39, 0.29) is 18.3 Å². The first-order chi connectivity index (χ1) is 19.2. The number of H-pyrrole nitrogens is 1. The second kappa shape index (κ2) is 12.8. The quantitative estimate of drug-likeness (QED) is 0.122. The molecule has 4 rings (SSSR count). The van der Waals surface area contributed by atoms with E-state index in [1.54, 1.807) is 6.20 Å². The highest BCUT2D eigenvalue weighted by Crippen LogP contribution is 2.27. The second-order valence-electron chi connectivity index (χ2n) is 10.4. The van der Waals surface area contributed by atoms with Crippen LogP contribution < -0.4 is 22.5 Å². The number of carbonyl (C=O) groups excluding carboxylic acids is 3. The monoisotopic (exact) mass is 554 g/mol. The lowest BCUT2D eigenvalue weighted by atomic mass is 10.0. The fourth-order valence-electron chi connectivity index (χ4n) is 5.62. The van der Waals surface area contributed by atoms with Crippen molar-refractivity contribution in [2.45, 2.75) is 69.1 Å². The highest BCUT2D eigenvalue weighted by Gasteiger charge is 2.43. The lowest BCUT2D eigenvalue weighted by molar-refractivity contribution is -0.152. The summed E-state index contributed by atoms with van der Waals surface area (Å²) in [4.78, 5) is 62.2. The lowest BCUT2D eigenvalue weighted by Gasteiger charge is -2.32. The minimum absolute atomic E-state index is 0.0410. The number of carbonyl (C=O) groups is 4. The Morgan fingerprint density at radius 2 is 1.77 bits per heavy atom. The summed E-state index contributed by atoms with van der Waals surface area (Å²) in [6.07, 6.45) is 4.82. The topological polar surface area (TPSA) is 213 Å². The number of aromatic amines is 1. The number of carboxylic acid groups (broad SMARTS) is 1. The van der Waals surface area contributed by atoms with Gasteiger partial charge in [-0.2, -0.15) is 0 Å². The molecule has 0 saturated carbocycles. The molecule has 3 amide bonds. The normalized spacial score (nSPS) is 20.3. The van der Waals surface area contributed by atoms with Crippen molar-refractivity contribution in [3.05, 3.63) is 36.0 Å². The number of nitrogens with one attached hydrogen (secondary N) is 2. The van der Waals surface area contributed by atoms with Crippen LogP contribution in [0.3, 0.4) is 0 Å². The fourth-order valence-corrected chi connectivity index (χ4v) is 5.62. The van der Waals surface area contributed by atoms with Crippen LogP contribution in [0.15, 0.2) is 35.5 Å². The van der Waals surface area contributed by atoms with Gasteiger partial charge in [-0.15, -0.1) is 0 Å². The van der Waals surface area contributed by atoms with Crippen LogP contribution >= 0.6 is 0 Å². The van der Waals surface area contributed by atoms with E-state index < -0.39 is 42.0 Å². The van der Waals surface area contributed by atoms with Crippen LogP contribution in [0.1, 0.15) is 44.1 Å². The van der Waals surface area contributed by atoms with Gasteiger partial charge in [-0.25, -0.2) is 4.79 Å². The third-order valence-corrected chi connectivity index (χ3v) is 7.66. The highest BCUT2D eigenvalue weighted by molar-refractivity contribution is 5.95. The minimum Gasteiger partial charge on any atom is -0.480 e. The molecule has 4 atom stereocenters. The molecule has 0 bridgehead atoms. The molecule has 40 heavy (non-hydrogen) atoms. The van der Waals surface area contributed by atoms with E-state index in [1.807, 2.05) is 24.3 Å². The van der Waals surface area contributed by atoms with E-state index in [0.29, 0.717) is 58.2 Å². The summed E-state index contributed by atoms with van der Waals surface area (Å²) >= 11 is 0. The molecule has 0 radical (unpaired) electrons. The molecule has 13 nitrogen and oxygen atoms in total. The van der Waals surface area contributed by atoms with Crippen LogP contribution in [0.4, 0.5) is 0 Å². The summed E-state index contributed by atoms with van der Waals surface area (Å²) in [5.41, 5.74) is 18.6. The molecule has 1 aromatic carbocycles. The number of benzene rings is 1. The molecule has 2 aliphatic rings. The zero-order valence-electron chi connectivity index (χ0n) is 22.4. The van der Waals surface area contributed by atoms with Gasteiger partial charge in [-0.3, -0.25) is 19.4 Å². The first-order valence-electron chi connectivity index (χ1n) is 13.7. The van der Waals surface area contributed by atoms with Gasteiger partial charge in [0, 0.05) is 43.2 Å². The number of fused-ring (bicyclic) bond motifs is 1. The standard InChI is InChI=1S/C27H38N8O5/c28-18(7-3-11-31-27(29)30)23(36)33-20(14-16-15-32-19-8-2-1-6-17(16)19)24(37)34-12-4-9-21(34)25(38)35-13-5-10-22(35)26(39)40/h1-2,6,8,15,18,20-22,32H,3-5,7,9-14,28H2,(H,33,36)(H,39,40)(H4,29,30,31). The number of hydrogen-bond acceptors (Lipinski definition) is 6. The molecule has 1 aromatic heterocycles. The first kappa shape index (κ1) is 28.9. The average molecular weight is 555 g/mol. The van der Waals surface area contributed by atoms with Crippen LogP contribution in [-0.2, 0) is 25.6 Å². The molecule has 3 heterocycles. The zero-order valence-corrected chi connectivity index (χ0v) is 22.4. The molecule has 0 aliphatic carbocycles. The zero-order chi connectivity index (χ0) is 28.8. The number of aliphatic imine (C=N–C) groups is 1. The molecule has 216 valence electrons. The van der Waals surface area contributed by atoms with E-state index in [0.717, 1.165) is 16.5 Å². The van der Waals surface area contributed by atoms with E-state index in [9.17, 15) is 24.3 Å². The van der Waals surface area contributed by atoms with Gasteiger partial charge in [0.2, 0.25) is 17.7 Å². The Balaban J connectivity index is 1.53. The van der Waals surface area contributed by atoms with Gasteiger partial charge in [0.15, 0.2) is 5.96 Å². The molecule has 0 spiro atoms. The summed E-state index contributed by atoms with van der Waals surface area (Å²) in [7, 11) is 0. The number of carboxylic acids is 1. The summed E-state index contributed by atoms with van der Waals surface area (Å²) in [6, 6.07) is 4.13. The summed E-state index contributed by atoms with van der Waals surface area (Å²) in [5.74, 6) is -2.33. The number of likely N-dealkylation sites (tertiary alicyclic amines) is 2. The number of nitrogens with zero attached hydrogens (tertiary/aromatic N) is 3.